The number of rotatable bonds is 6. The van der Waals surface area contributed by atoms with Crippen LogP contribution >= 0.6 is 0 Å². The lowest BCUT2D eigenvalue weighted by Gasteiger charge is -2.44. The van der Waals surface area contributed by atoms with Gasteiger partial charge in [-0.1, -0.05) is 13.3 Å². The van der Waals surface area contributed by atoms with Crippen molar-refractivity contribution >= 4 is 0 Å². The van der Waals surface area contributed by atoms with Crippen LogP contribution in [0.3, 0.4) is 0 Å². The molecule has 0 aliphatic heterocycles. The Hall–Kier alpha value is -0.0800. The van der Waals surface area contributed by atoms with E-state index >= 15 is 0 Å². The van der Waals surface area contributed by atoms with Crippen molar-refractivity contribution in [1.82, 2.24) is 4.90 Å². The zero-order valence-electron chi connectivity index (χ0n) is 12.4. The predicted molar refractivity (Wildman–Crippen MR) is 76.6 cm³/mol. The molecular weight excluding hydrogens is 222 g/mol. The molecule has 1 N–H and O–H groups in total. The maximum absolute atomic E-state index is 10.0. The molecule has 2 aliphatic rings. The first-order chi connectivity index (χ1) is 8.61. The van der Waals surface area contributed by atoms with Crippen LogP contribution in [-0.4, -0.2) is 34.7 Å². The fraction of sp³-hybridized carbons (Fsp3) is 1.00. The van der Waals surface area contributed by atoms with Gasteiger partial charge < -0.3 is 5.11 Å². The van der Waals surface area contributed by atoms with Crippen molar-refractivity contribution in [1.29, 1.82) is 0 Å². The third-order valence-corrected chi connectivity index (χ3v) is 4.84. The van der Waals surface area contributed by atoms with Gasteiger partial charge in [0.15, 0.2) is 0 Å². The third kappa shape index (κ3) is 3.71. The van der Waals surface area contributed by atoms with Gasteiger partial charge in [-0.2, -0.15) is 0 Å². The molecule has 0 aromatic heterocycles. The van der Waals surface area contributed by atoms with Gasteiger partial charge in [-0.25, -0.2) is 0 Å². The number of aliphatic hydroxyl groups excluding tert-OH is 1. The summed E-state index contributed by atoms with van der Waals surface area (Å²) < 4.78 is 0. The molecule has 0 amide bonds. The lowest BCUT2D eigenvalue weighted by atomic mass is 9.79. The molecule has 2 nitrogen and oxygen atoms in total. The highest BCUT2D eigenvalue weighted by molar-refractivity contribution is 4.90. The van der Waals surface area contributed by atoms with Crippen LogP contribution in [0, 0.1) is 11.8 Å². The molecule has 3 unspecified atom stereocenters. The Bertz CT molecular complexity index is 249. The van der Waals surface area contributed by atoms with Gasteiger partial charge in [-0.3, -0.25) is 4.90 Å². The first kappa shape index (κ1) is 14.3. The lowest BCUT2D eigenvalue weighted by Crippen LogP contribution is -2.49. The molecule has 2 fully saturated rings. The summed E-state index contributed by atoms with van der Waals surface area (Å²) in [4.78, 5) is 2.71. The van der Waals surface area contributed by atoms with Crippen LogP contribution < -0.4 is 0 Å². The topological polar surface area (TPSA) is 23.5 Å². The fourth-order valence-corrected chi connectivity index (χ4v) is 3.63. The van der Waals surface area contributed by atoms with Gasteiger partial charge >= 0.3 is 0 Å². The molecule has 2 heteroatoms. The lowest BCUT2D eigenvalue weighted by molar-refractivity contribution is 0.00781. The molecule has 0 aromatic rings. The third-order valence-electron chi connectivity index (χ3n) is 4.84. The minimum atomic E-state index is -0.0523. The van der Waals surface area contributed by atoms with Gasteiger partial charge in [0.05, 0.1) is 6.10 Å². The van der Waals surface area contributed by atoms with Crippen molar-refractivity contribution in [3.63, 3.8) is 0 Å². The highest BCUT2D eigenvalue weighted by Gasteiger charge is 2.36. The predicted octanol–water partition coefficient (Wildman–Crippen LogP) is 3.44. The average molecular weight is 253 g/mol. The van der Waals surface area contributed by atoms with Crippen LogP contribution in [-0.2, 0) is 0 Å². The SMILES string of the molecule is CCCC1CCC(O)CC1N(CC1CC1)C(C)C. The van der Waals surface area contributed by atoms with E-state index in [9.17, 15) is 5.11 Å². The zero-order valence-corrected chi connectivity index (χ0v) is 12.4. The first-order valence-corrected chi connectivity index (χ1v) is 8.05. The Labute approximate surface area is 113 Å². The fourth-order valence-electron chi connectivity index (χ4n) is 3.63. The second-order valence-corrected chi connectivity index (χ2v) is 6.82. The van der Waals surface area contributed by atoms with Crippen molar-refractivity contribution in [3.8, 4) is 0 Å². The second-order valence-electron chi connectivity index (χ2n) is 6.82. The molecule has 0 bridgehead atoms. The minimum Gasteiger partial charge on any atom is -0.393 e. The standard InChI is InChI=1S/C16H31NO/c1-4-5-14-8-9-15(18)10-16(14)17(12(2)3)11-13-6-7-13/h12-16,18H,4-11H2,1-3H3. The van der Waals surface area contributed by atoms with Crippen molar-refractivity contribution in [3.05, 3.63) is 0 Å². The van der Waals surface area contributed by atoms with Gasteiger partial charge in [0, 0.05) is 18.6 Å². The van der Waals surface area contributed by atoms with Crippen LogP contribution in [0.5, 0.6) is 0 Å². The van der Waals surface area contributed by atoms with Crippen molar-refractivity contribution in [2.45, 2.75) is 83.9 Å². The van der Waals surface area contributed by atoms with E-state index in [0.717, 1.165) is 24.7 Å². The molecule has 0 radical (unpaired) electrons. The quantitative estimate of drug-likeness (QED) is 0.784. The van der Waals surface area contributed by atoms with Crippen LogP contribution in [0.2, 0.25) is 0 Å². The van der Waals surface area contributed by atoms with Gasteiger partial charge in [-0.05, 0) is 64.2 Å². The summed E-state index contributed by atoms with van der Waals surface area (Å²) in [6.07, 6.45) is 8.69. The molecule has 3 atom stereocenters. The van der Waals surface area contributed by atoms with Crippen LogP contribution in [0.4, 0.5) is 0 Å². The summed E-state index contributed by atoms with van der Waals surface area (Å²) >= 11 is 0. The summed E-state index contributed by atoms with van der Waals surface area (Å²) in [5, 5.41) is 10.0. The van der Waals surface area contributed by atoms with Gasteiger partial charge in [-0.15, -0.1) is 0 Å². The Morgan fingerprint density at radius 2 is 1.89 bits per heavy atom. The summed E-state index contributed by atoms with van der Waals surface area (Å²) in [5.41, 5.74) is 0. The van der Waals surface area contributed by atoms with Gasteiger partial charge in [0.25, 0.3) is 0 Å². The summed E-state index contributed by atoms with van der Waals surface area (Å²) in [6, 6.07) is 1.26. The average Bonchev–Trinajstić information content (AvgIpc) is 3.12. The van der Waals surface area contributed by atoms with E-state index < -0.39 is 0 Å². The molecule has 0 aromatic carbocycles. The summed E-state index contributed by atoms with van der Waals surface area (Å²) in [6.45, 7) is 8.22. The van der Waals surface area contributed by atoms with E-state index in [1.54, 1.807) is 0 Å². The Morgan fingerprint density at radius 3 is 2.44 bits per heavy atom. The molecule has 0 heterocycles. The van der Waals surface area contributed by atoms with E-state index in [0.29, 0.717) is 12.1 Å². The molecule has 18 heavy (non-hydrogen) atoms. The number of hydrogen-bond acceptors (Lipinski definition) is 2. The number of hydrogen-bond donors (Lipinski definition) is 1. The molecular formula is C16H31NO. The molecule has 0 spiro atoms. The van der Waals surface area contributed by atoms with Crippen molar-refractivity contribution in [2.24, 2.45) is 11.8 Å². The van der Waals surface area contributed by atoms with Crippen molar-refractivity contribution in [2.75, 3.05) is 6.54 Å². The maximum atomic E-state index is 10.0. The van der Waals surface area contributed by atoms with Crippen LogP contribution in [0.1, 0.15) is 65.7 Å². The first-order valence-electron chi connectivity index (χ1n) is 8.05. The van der Waals surface area contributed by atoms with E-state index in [1.165, 1.54) is 38.6 Å². The normalized spacial score (nSPS) is 33.3. The highest BCUT2D eigenvalue weighted by atomic mass is 16.3. The molecule has 2 aliphatic carbocycles. The number of aliphatic hydroxyl groups is 1. The molecule has 2 saturated carbocycles. The zero-order chi connectivity index (χ0) is 13.1. The maximum Gasteiger partial charge on any atom is 0.0555 e. The van der Waals surface area contributed by atoms with Crippen molar-refractivity contribution < 1.29 is 5.11 Å². The van der Waals surface area contributed by atoms with E-state index in [4.69, 9.17) is 0 Å². The van der Waals surface area contributed by atoms with Crippen LogP contribution in [0.25, 0.3) is 0 Å². The van der Waals surface area contributed by atoms with E-state index in [1.807, 2.05) is 0 Å². The summed E-state index contributed by atoms with van der Waals surface area (Å²) in [5.74, 6) is 1.77. The monoisotopic (exact) mass is 253 g/mol. The Morgan fingerprint density at radius 1 is 1.17 bits per heavy atom. The molecule has 0 saturated heterocycles. The summed E-state index contributed by atoms with van der Waals surface area (Å²) in [7, 11) is 0. The number of nitrogens with zero attached hydrogens (tertiary/aromatic N) is 1. The van der Waals surface area contributed by atoms with Gasteiger partial charge in [0.2, 0.25) is 0 Å². The highest BCUT2D eigenvalue weighted by Crippen LogP contribution is 2.37. The smallest absolute Gasteiger partial charge is 0.0555 e. The van der Waals surface area contributed by atoms with Crippen LogP contribution in [0.15, 0.2) is 0 Å². The Balaban J connectivity index is 2.01. The Kier molecular flexibility index (Phi) is 5.08. The van der Waals surface area contributed by atoms with E-state index in [2.05, 4.69) is 25.7 Å². The largest absolute Gasteiger partial charge is 0.393 e. The second kappa shape index (κ2) is 6.38. The minimum absolute atomic E-state index is 0.0523. The molecule has 106 valence electrons. The molecule has 2 rings (SSSR count). The van der Waals surface area contributed by atoms with Gasteiger partial charge in [0.1, 0.15) is 0 Å². The van der Waals surface area contributed by atoms with E-state index in [-0.39, 0.29) is 6.10 Å².